The molecule has 1 atom stereocenters. The van der Waals surface area contributed by atoms with E-state index in [4.69, 9.17) is 10.5 Å². The van der Waals surface area contributed by atoms with Crippen LogP contribution >= 0.6 is 0 Å². The van der Waals surface area contributed by atoms with E-state index in [1.54, 1.807) is 7.11 Å². The number of nitrogens with zero attached hydrogens (tertiary/aromatic N) is 1. The maximum Gasteiger partial charge on any atom is 0.118 e. The van der Waals surface area contributed by atoms with Gasteiger partial charge in [-0.3, -0.25) is 0 Å². The van der Waals surface area contributed by atoms with Gasteiger partial charge in [0, 0.05) is 38.8 Å². The predicted octanol–water partition coefficient (Wildman–Crippen LogP) is 0.990. The van der Waals surface area contributed by atoms with Crippen molar-refractivity contribution in [1.29, 1.82) is 0 Å². The molecule has 100 valence electrons. The molecule has 1 unspecified atom stereocenters. The third-order valence-electron chi connectivity index (χ3n) is 3.51. The van der Waals surface area contributed by atoms with Crippen molar-refractivity contribution in [2.45, 2.75) is 12.5 Å². The number of hydrogen-bond acceptors (Lipinski definition) is 4. The third-order valence-corrected chi connectivity index (χ3v) is 3.51. The van der Waals surface area contributed by atoms with Crippen LogP contribution < -0.4 is 15.8 Å². The highest BCUT2D eigenvalue weighted by Gasteiger charge is 2.12. The van der Waals surface area contributed by atoms with E-state index < -0.39 is 0 Å². The van der Waals surface area contributed by atoms with Crippen LogP contribution in [0.5, 0.6) is 5.75 Å². The molecule has 4 nitrogen and oxygen atoms in total. The summed E-state index contributed by atoms with van der Waals surface area (Å²) in [5.41, 5.74) is 7.41. The molecule has 4 heteroatoms. The Morgan fingerprint density at radius 3 is 2.56 bits per heavy atom. The summed E-state index contributed by atoms with van der Waals surface area (Å²) >= 11 is 0. The van der Waals surface area contributed by atoms with Crippen LogP contribution in [0.2, 0.25) is 0 Å². The first kappa shape index (κ1) is 13.3. The zero-order valence-electron chi connectivity index (χ0n) is 11.1. The van der Waals surface area contributed by atoms with E-state index in [1.165, 1.54) is 5.56 Å². The van der Waals surface area contributed by atoms with Gasteiger partial charge < -0.3 is 20.7 Å². The van der Waals surface area contributed by atoms with Gasteiger partial charge in [0.05, 0.1) is 7.11 Å². The first-order chi connectivity index (χ1) is 8.79. The van der Waals surface area contributed by atoms with E-state index in [2.05, 4.69) is 22.3 Å². The number of nitrogens with one attached hydrogen (secondary N) is 1. The second kappa shape index (κ2) is 6.73. The standard InChI is InChI=1S/C14H23N3O/c1-18-13-4-2-12(3-5-13)14(15)6-9-17-10-7-16-8-11-17/h2-5,14,16H,6-11,15H2,1H3. The van der Waals surface area contributed by atoms with Gasteiger partial charge in [-0.1, -0.05) is 12.1 Å². The fraction of sp³-hybridized carbons (Fsp3) is 0.571. The molecule has 2 rings (SSSR count). The molecule has 0 aromatic heterocycles. The smallest absolute Gasteiger partial charge is 0.118 e. The summed E-state index contributed by atoms with van der Waals surface area (Å²) in [6.45, 7) is 5.54. The zero-order valence-corrected chi connectivity index (χ0v) is 11.1. The molecule has 1 aliphatic rings. The van der Waals surface area contributed by atoms with Crippen LogP contribution in [0.1, 0.15) is 18.0 Å². The second-order valence-corrected chi connectivity index (χ2v) is 4.76. The molecule has 0 spiro atoms. The van der Waals surface area contributed by atoms with E-state index >= 15 is 0 Å². The first-order valence-corrected chi connectivity index (χ1v) is 6.62. The Balaban J connectivity index is 1.80. The van der Waals surface area contributed by atoms with Gasteiger partial charge in [-0.2, -0.15) is 0 Å². The molecule has 3 N–H and O–H groups in total. The van der Waals surface area contributed by atoms with Crippen molar-refractivity contribution in [1.82, 2.24) is 10.2 Å². The number of benzene rings is 1. The number of nitrogens with two attached hydrogens (primary N) is 1. The molecule has 1 fully saturated rings. The highest BCUT2D eigenvalue weighted by atomic mass is 16.5. The fourth-order valence-electron chi connectivity index (χ4n) is 2.27. The summed E-state index contributed by atoms with van der Waals surface area (Å²) in [7, 11) is 1.68. The highest BCUT2D eigenvalue weighted by molar-refractivity contribution is 5.28. The van der Waals surface area contributed by atoms with Crippen LogP contribution in [0.15, 0.2) is 24.3 Å². The predicted molar refractivity (Wildman–Crippen MR) is 73.8 cm³/mol. The maximum atomic E-state index is 6.22. The minimum atomic E-state index is 0.116. The van der Waals surface area contributed by atoms with Crippen molar-refractivity contribution in [3.63, 3.8) is 0 Å². The van der Waals surface area contributed by atoms with Crippen molar-refractivity contribution >= 4 is 0 Å². The number of rotatable bonds is 5. The molecule has 1 saturated heterocycles. The molecule has 1 aromatic carbocycles. The van der Waals surface area contributed by atoms with Gasteiger partial charge in [-0.15, -0.1) is 0 Å². The van der Waals surface area contributed by atoms with Crippen molar-refractivity contribution < 1.29 is 4.74 Å². The van der Waals surface area contributed by atoms with Crippen LogP contribution in [0.3, 0.4) is 0 Å². The lowest BCUT2D eigenvalue weighted by atomic mass is 10.0. The Labute approximate surface area is 109 Å². The lowest BCUT2D eigenvalue weighted by Gasteiger charge is -2.28. The molecule has 0 aliphatic carbocycles. The monoisotopic (exact) mass is 249 g/mol. The summed E-state index contributed by atoms with van der Waals surface area (Å²) in [6.07, 6.45) is 1.01. The summed E-state index contributed by atoms with van der Waals surface area (Å²) in [5, 5.41) is 3.36. The van der Waals surface area contributed by atoms with E-state index in [0.29, 0.717) is 0 Å². The van der Waals surface area contributed by atoms with Crippen LogP contribution in [0.4, 0.5) is 0 Å². The van der Waals surface area contributed by atoms with Crippen molar-refractivity contribution in [2.24, 2.45) is 5.73 Å². The fourth-order valence-corrected chi connectivity index (χ4v) is 2.27. The first-order valence-electron chi connectivity index (χ1n) is 6.62. The molecule has 1 aromatic rings. The minimum absolute atomic E-state index is 0.116. The van der Waals surface area contributed by atoms with Crippen LogP contribution in [0.25, 0.3) is 0 Å². The largest absolute Gasteiger partial charge is 0.497 e. The van der Waals surface area contributed by atoms with Gasteiger partial charge >= 0.3 is 0 Å². The topological polar surface area (TPSA) is 50.5 Å². The Morgan fingerprint density at radius 2 is 1.94 bits per heavy atom. The molecule has 1 aliphatic heterocycles. The van der Waals surface area contributed by atoms with Gasteiger partial charge in [0.1, 0.15) is 5.75 Å². The van der Waals surface area contributed by atoms with Gasteiger partial charge in [-0.25, -0.2) is 0 Å². The van der Waals surface area contributed by atoms with Crippen molar-refractivity contribution in [2.75, 3.05) is 39.8 Å². The molecule has 1 heterocycles. The lowest BCUT2D eigenvalue weighted by molar-refractivity contribution is 0.233. The van der Waals surface area contributed by atoms with Crippen molar-refractivity contribution in [3.05, 3.63) is 29.8 Å². The molecular weight excluding hydrogens is 226 g/mol. The highest BCUT2D eigenvalue weighted by Crippen LogP contribution is 2.18. The summed E-state index contributed by atoms with van der Waals surface area (Å²) in [4.78, 5) is 2.47. The third kappa shape index (κ3) is 3.70. The van der Waals surface area contributed by atoms with Crippen LogP contribution in [0, 0.1) is 0 Å². The molecule has 0 bridgehead atoms. The second-order valence-electron chi connectivity index (χ2n) is 4.76. The van der Waals surface area contributed by atoms with Gasteiger partial charge in [0.2, 0.25) is 0 Å². The Hall–Kier alpha value is -1.10. The van der Waals surface area contributed by atoms with Gasteiger partial charge in [0.25, 0.3) is 0 Å². The molecule has 18 heavy (non-hydrogen) atoms. The summed E-state index contributed by atoms with van der Waals surface area (Å²) in [5.74, 6) is 0.882. The Kier molecular flexibility index (Phi) is 4.99. The SMILES string of the molecule is COc1ccc(C(N)CCN2CCNCC2)cc1. The Bertz CT molecular complexity index is 347. The van der Waals surface area contributed by atoms with Crippen molar-refractivity contribution in [3.8, 4) is 5.75 Å². The van der Waals surface area contributed by atoms with E-state index in [1.807, 2.05) is 12.1 Å². The summed E-state index contributed by atoms with van der Waals surface area (Å²) < 4.78 is 5.15. The van der Waals surface area contributed by atoms with Crippen LogP contribution in [-0.2, 0) is 0 Å². The molecular formula is C14H23N3O. The molecule has 0 saturated carbocycles. The van der Waals surface area contributed by atoms with Gasteiger partial charge in [0.15, 0.2) is 0 Å². The van der Waals surface area contributed by atoms with E-state index in [9.17, 15) is 0 Å². The van der Waals surface area contributed by atoms with Gasteiger partial charge in [-0.05, 0) is 24.1 Å². The average Bonchev–Trinajstić information content (AvgIpc) is 2.46. The summed E-state index contributed by atoms with van der Waals surface area (Å²) in [6, 6.07) is 8.17. The normalized spacial score (nSPS) is 18.6. The van der Waals surface area contributed by atoms with Crippen LogP contribution in [-0.4, -0.2) is 44.7 Å². The zero-order chi connectivity index (χ0) is 12.8. The number of ether oxygens (including phenoxy) is 1. The molecule has 0 radical (unpaired) electrons. The quantitative estimate of drug-likeness (QED) is 0.817. The number of methoxy groups -OCH3 is 1. The Morgan fingerprint density at radius 1 is 1.28 bits per heavy atom. The molecule has 0 amide bonds. The minimum Gasteiger partial charge on any atom is -0.497 e. The lowest BCUT2D eigenvalue weighted by Crippen LogP contribution is -2.44. The average molecular weight is 249 g/mol. The maximum absolute atomic E-state index is 6.22. The number of piperazine rings is 1. The van der Waals surface area contributed by atoms with E-state index in [0.717, 1.165) is 44.9 Å². The number of hydrogen-bond donors (Lipinski definition) is 2. The van der Waals surface area contributed by atoms with E-state index in [-0.39, 0.29) is 6.04 Å².